The van der Waals surface area contributed by atoms with Crippen LogP contribution in [0.4, 0.5) is 11.8 Å². The van der Waals surface area contributed by atoms with E-state index in [-0.39, 0.29) is 18.0 Å². The number of amides is 1. The van der Waals surface area contributed by atoms with Gasteiger partial charge in [-0.1, -0.05) is 6.92 Å². The van der Waals surface area contributed by atoms with Gasteiger partial charge in [0.15, 0.2) is 11.5 Å². The second-order valence-corrected chi connectivity index (χ2v) is 9.70. The molecule has 10 nitrogen and oxygen atoms in total. The number of hydrogen-bond acceptors (Lipinski definition) is 7. The van der Waals surface area contributed by atoms with Gasteiger partial charge in [-0.3, -0.25) is 4.79 Å². The summed E-state index contributed by atoms with van der Waals surface area (Å²) in [5.41, 5.74) is 4.46. The van der Waals surface area contributed by atoms with Gasteiger partial charge in [0.25, 0.3) is 0 Å². The summed E-state index contributed by atoms with van der Waals surface area (Å²) in [5, 5.41) is 11.5. The number of likely N-dealkylation sites (tertiary alicyclic amines) is 1. The molecule has 0 spiro atoms. The van der Waals surface area contributed by atoms with Crippen LogP contribution in [0.15, 0.2) is 24.4 Å². The molecule has 1 aliphatic heterocycles. The van der Waals surface area contributed by atoms with Gasteiger partial charge >= 0.3 is 0 Å². The number of nitrogens with one attached hydrogen (secondary N) is 2. The van der Waals surface area contributed by atoms with E-state index in [9.17, 15) is 4.79 Å². The minimum atomic E-state index is 0.128. The first-order valence-electron chi connectivity index (χ1n) is 12.2. The molecule has 184 valence electrons. The summed E-state index contributed by atoms with van der Waals surface area (Å²) in [6.07, 6.45) is 2.80. The first-order valence-corrected chi connectivity index (χ1v) is 12.2. The normalized spacial score (nSPS) is 18.5. The summed E-state index contributed by atoms with van der Waals surface area (Å²) >= 11 is 0. The molecule has 0 unspecified atom stereocenters. The van der Waals surface area contributed by atoms with Crippen molar-refractivity contribution in [1.82, 2.24) is 34.0 Å². The number of hydrogen-bond donors (Lipinski definition) is 2. The number of carbonyl (C=O) groups excluding carboxylic acids is 1. The molecule has 5 heterocycles. The standard InChI is InChI=1S/C25H33N9O/c1-14(2)34-16(4)27-21-8-7-20(28-24(21)34)18-9-12-33-22(18)23(26-6)30-25(31-33)29-19-10-11-32(17(5)35)13-15(19)3/h7-9,12,14-15,19H,10-11,13H2,1-6H3,(H2,26,29,30,31)/t15-,19+/m1/s1. The molecule has 4 aromatic rings. The van der Waals surface area contributed by atoms with Crippen molar-refractivity contribution in [2.45, 2.75) is 53.1 Å². The van der Waals surface area contributed by atoms with E-state index in [1.54, 1.807) is 6.92 Å². The van der Waals surface area contributed by atoms with Crippen molar-refractivity contribution in [3.63, 3.8) is 0 Å². The zero-order chi connectivity index (χ0) is 24.9. The van der Waals surface area contributed by atoms with E-state index in [0.717, 1.165) is 59.1 Å². The van der Waals surface area contributed by atoms with E-state index in [2.05, 4.69) is 41.0 Å². The lowest BCUT2D eigenvalue weighted by atomic mass is 9.94. The molecule has 0 aliphatic carbocycles. The van der Waals surface area contributed by atoms with Crippen molar-refractivity contribution in [1.29, 1.82) is 0 Å². The van der Waals surface area contributed by atoms with Crippen LogP contribution >= 0.6 is 0 Å². The van der Waals surface area contributed by atoms with Gasteiger partial charge in [0.1, 0.15) is 16.9 Å². The number of carbonyl (C=O) groups is 1. The van der Waals surface area contributed by atoms with Crippen molar-refractivity contribution in [3.05, 3.63) is 30.2 Å². The van der Waals surface area contributed by atoms with Gasteiger partial charge in [-0.25, -0.2) is 14.5 Å². The molecule has 0 aromatic carbocycles. The van der Waals surface area contributed by atoms with E-state index in [4.69, 9.17) is 15.1 Å². The van der Waals surface area contributed by atoms with Crippen LogP contribution < -0.4 is 10.6 Å². The maximum absolute atomic E-state index is 11.7. The Morgan fingerprint density at radius 1 is 1.17 bits per heavy atom. The Balaban J connectivity index is 1.50. The van der Waals surface area contributed by atoms with E-state index in [0.29, 0.717) is 11.9 Å². The topological polar surface area (TPSA) is 105 Å². The molecule has 1 aliphatic rings. The van der Waals surface area contributed by atoms with Gasteiger partial charge in [-0.15, -0.1) is 5.10 Å². The summed E-state index contributed by atoms with van der Waals surface area (Å²) in [6.45, 7) is 11.6. The minimum absolute atomic E-state index is 0.128. The lowest BCUT2D eigenvalue weighted by molar-refractivity contribution is -0.130. The van der Waals surface area contributed by atoms with Crippen LogP contribution in [0.2, 0.25) is 0 Å². The van der Waals surface area contributed by atoms with E-state index >= 15 is 0 Å². The number of rotatable bonds is 5. The Labute approximate surface area is 204 Å². The molecule has 1 amide bonds. The Morgan fingerprint density at radius 3 is 2.66 bits per heavy atom. The molecule has 0 bridgehead atoms. The molecule has 5 rings (SSSR count). The lowest BCUT2D eigenvalue weighted by Crippen LogP contribution is -2.47. The van der Waals surface area contributed by atoms with E-state index < -0.39 is 0 Å². The molecule has 1 fully saturated rings. The van der Waals surface area contributed by atoms with Gasteiger partial charge in [0.05, 0.1) is 5.69 Å². The zero-order valence-corrected chi connectivity index (χ0v) is 21.2. The van der Waals surface area contributed by atoms with Gasteiger partial charge in [0, 0.05) is 50.9 Å². The molecule has 10 heteroatoms. The number of pyridine rings is 1. The van der Waals surface area contributed by atoms with Crippen molar-refractivity contribution in [2.24, 2.45) is 5.92 Å². The minimum Gasteiger partial charge on any atom is -0.371 e. The van der Waals surface area contributed by atoms with Crippen LogP contribution in [-0.4, -0.2) is 66.1 Å². The fraction of sp³-hybridized carbons (Fsp3) is 0.480. The monoisotopic (exact) mass is 475 g/mol. The summed E-state index contributed by atoms with van der Waals surface area (Å²) in [6, 6.07) is 6.52. The van der Waals surface area contributed by atoms with Crippen molar-refractivity contribution in [2.75, 3.05) is 30.8 Å². The number of nitrogens with zero attached hydrogens (tertiary/aromatic N) is 7. The van der Waals surface area contributed by atoms with E-state index in [1.807, 2.05) is 47.8 Å². The fourth-order valence-electron chi connectivity index (χ4n) is 5.13. The van der Waals surface area contributed by atoms with Crippen molar-refractivity contribution < 1.29 is 4.79 Å². The molecule has 1 saturated heterocycles. The van der Waals surface area contributed by atoms with Crippen LogP contribution in [0.3, 0.4) is 0 Å². The number of imidazole rings is 1. The van der Waals surface area contributed by atoms with Gasteiger partial charge in [-0.2, -0.15) is 4.98 Å². The third-order valence-electron chi connectivity index (χ3n) is 6.92. The molecular weight excluding hydrogens is 442 g/mol. The van der Waals surface area contributed by atoms with Crippen molar-refractivity contribution >= 4 is 34.4 Å². The third kappa shape index (κ3) is 4.06. The SMILES string of the molecule is CNc1nc(N[C@H]2CCN(C(C)=O)C[C@H]2C)nn2ccc(-c3ccc4nc(C)n(C(C)C)c4n3)c12. The number of aromatic nitrogens is 6. The summed E-state index contributed by atoms with van der Waals surface area (Å²) < 4.78 is 4.01. The number of aryl methyl sites for hydroxylation is 1. The molecule has 0 saturated carbocycles. The highest BCUT2D eigenvalue weighted by Crippen LogP contribution is 2.31. The first kappa shape index (κ1) is 23.1. The highest BCUT2D eigenvalue weighted by molar-refractivity contribution is 5.89. The first-order chi connectivity index (χ1) is 16.8. The van der Waals surface area contributed by atoms with Gasteiger partial charge in [-0.05, 0) is 51.3 Å². The third-order valence-corrected chi connectivity index (χ3v) is 6.92. The number of anilines is 2. The summed E-state index contributed by atoms with van der Waals surface area (Å²) in [5.74, 6) is 2.68. The number of piperidine rings is 1. The van der Waals surface area contributed by atoms with Crippen LogP contribution in [-0.2, 0) is 4.79 Å². The zero-order valence-electron chi connectivity index (χ0n) is 21.2. The van der Waals surface area contributed by atoms with Crippen molar-refractivity contribution in [3.8, 4) is 11.3 Å². The Bertz CT molecular complexity index is 1400. The molecule has 2 atom stereocenters. The highest BCUT2D eigenvalue weighted by atomic mass is 16.2. The average molecular weight is 476 g/mol. The van der Waals surface area contributed by atoms with Gasteiger partial charge < -0.3 is 20.1 Å². The van der Waals surface area contributed by atoms with E-state index in [1.165, 1.54) is 0 Å². The maximum atomic E-state index is 11.7. The Kier molecular flexibility index (Phi) is 5.82. The van der Waals surface area contributed by atoms with Crippen LogP contribution in [0.25, 0.3) is 27.9 Å². The smallest absolute Gasteiger partial charge is 0.243 e. The molecule has 2 N–H and O–H groups in total. The van der Waals surface area contributed by atoms with Gasteiger partial charge in [0.2, 0.25) is 11.9 Å². The molecule has 35 heavy (non-hydrogen) atoms. The average Bonchev–Trinajstić information content (AvgIpc) is 3.39. The predicted molar refractivity (Wildman–Crippen MR) is 138 cm³/mol. The second kappa shape index (κ2) is 8.83. The second-order valence-electron chi connectivity index (χ2n) is 9.70. The molecular formula is C25H33N9O. The number of fused-ring (bicyclic) bond motifs is 2. The van der Waals surface area contributed by atoms with Crippen LogP contribution in [0.5, 0.6) is 0 Å². The summed E-state index contributed by atoms with van der Waals surface area (Å²) in [4.78, 5) is 28.1. The quantitative estimate of drug-likeness (QED) is 0.453. The maximum Gasteiger partial charge on any atom is 0.243 e. The van der Waals surface area contributed by atoms with Crippen LogP contribution in [0, 0.1) is 12.8 Å². The van der Waals surface area contributed by atoms with Crippen LogP contribution in [0.1, 0.15) is 46.0 Å². The Morgan fingerprint density at radius 2 is 1.97 bits per heavy atom. The molecule has 4 aromatic heterocycles. The largest absolute Gasteiger partial charge is 0.371 e. The Hall–Kier alpha value is -3.69. The highest BCUT2D eigenvalue weighted by Gasteiger charge is 2.28. The predicted octanol–water partition coefficient (Wildman–Crippen LogP) is 3.74. The summed E-state index contributed by atoms with van der Waals surface area (Å²) in [7, 11) is 1.87. The molecule has 0 radical (unpaired) electrons. The lowest BCUT2D eigenvalue weighted by Gasteiger charge is -2.36. The fourth-order valence-corrected chi connectivity index (χ4v) is 5.13.